The van der Waals surface area contributed by atoms with Gasteiger partial charge in [-0.1, -0.05) is 0 Å². The van der Waals surface area contributed by atoms with Crippen LogP contribution in [0.3, 0.4) is 0 Å². The molecule has 0 unspecified atom stereocenters. The molecule has 0 amide bonds. The van der Waals surface area contributed by atoms with Crippen LogP contribution in [-0.2, 0) is 0 Å². The van der Waals surface area contributed by atoms with Crippen molar-refractivity contribution < 1.29 is 4.42 Å². The van der Waals surface area contributed by atoms with Crippen molar-refractivity contribution in [2.45, 2.75) is 44.1 Å². The van der Waals surface area contributed by atoms with Crippen molar-refractivity contribution in [2.75, 3.05) is 0 Å². The fourth-order valence-electron chi connectivity index (χ4n) is 5.05. The number of hydrogen-bond donors (Lipinski definition) is 2. The predicted molar refractivity (Wildman–Crippen MR) is 86.1 cm³/mol. The van der Waals surface area contributed by atoms with Gasteiger partial charge in [0.25, 0.3) is 0 Å². The van der Waals surface area contributed by atoms with Gasteiger partial charge in [-0.2, -0.15) is 5.10 Å². The number of rotatable bonds is 3. The van der Waals surface area contributed by atoms with Crippen LogP contribution in [0.1, 0.15) is 44.3 Å². The highest BCUT2D eigenvalue weighted by atomic mass is 32.1. The molecule has 4 fully saturated rings. The standard InChI is InChI=1S/C16H21N3OS/c21-15(19-17-10-14-2-1-3-20-14)18-16-7-11-4-12(8-16)6-13(5-11)9-16/h1-3,10-13H,4-9H2,(H2,18,19,21)/b17-10+. The lowest BCUT2D eigenvalue weighted by molar-refractivity contribution is -0.0101. The zero-order valence-electron chi connectivity index (χ0n) is 12.0. The van der Waals surface area contributed by atoms with Crippen molar-refractivity contribution >= 4 is 23.5 Å². The second-order valence-corrected chi connectivity index (χ2v) is 7.45. The van der Waals surface area contributed by atoms with E-state index in [2.05, 4.69) is 15.8 Å². The van der Waals surface area contributed by atoms with Crippen molar-refractivity contribution in [3.8, 4) is 0 Å². The third-order valence-electron chi connectivity index (χ3n) is 5.32. The first-order chi connectivity index (χ1) is 10.2. The van der Waals surface area contributed by atoms with Gasteiger partial charge in [0.2, 0.25) is 0 Å². The van der Waals surface area contributed by atoms with E-state index >= 15 is 0 Å². The molecule has 1 aromatic heterocycles. The van der Waals surface area contributed by atoms with Gasteiger partial charge in [0, 0.05) is 5.54 Å². The predicted octanol–water partition coefficient (Wildman–Crippen LogP) is 3.05. The maximum atomic E-state index is 5.42. The summed E-state index contributed by atoms with van der Waals surface area (Å²) in [6, 6.07) is 3.70. The number of nitrogens with zero attached hydrogens (tertiary/aromatic N) is 1. The summed E-state index contributed by atoms with van der Waals surface area (Å²) in [5, 5.41) is 8.36. The smallest absolute Gasteiger partial charge is 0.187 e. The van der Waals surface area contributed by atoms with E-state index < -0.39 is 0 Å². The van der Waals surface area contributed by atoms with Crippen LogP contribution in [0.4, 0.5) is 0 Å². The molecule has 0 spiro atoms. The average Bonchev–Trinajstić information content (AvgIpc) is 2.89. The second kappa shape index (κ2) is 5.13. The molecule has 4 nitrogen and oxygen atoms in total. The Morgan fingerprint density at radius 2 is 1.90 bits per heavy atom. The van der Waals surface area contributed by atoms with E-state index in [0.717, 1.165) is 23.5 Å². The van der Waals surface area contributed by atoms with Gasteiger partial charge in [0.1, 0.15) is 5.76 Å². The van der Waals surface area contributed by atoms with Gasteiger partial charge in [-0.25, -0.2) is 0 Å². The normalized spacial score (nSPS) is 37.0. The average molecular weight is 303 g/mol. The van der Waals surface area contributed by atoms with Gasteiger partial charge < -0.3 is 9.73 Å². The molecule has 0 saturated heterocycles. The Hall–Kier alpha value is -1.36. The Labute approximate surface area is 130 Å². The third-order valence-corrected chi connectivity index (χ3v) is 5.51. The van der Waals surface area contributed by atoms with E-state index in [1.165, 1.54) is 38.5 Å². The zero-order chi connectivity index (χ0) is 14.3. The van der Waals surface area contributed by atoms with Crippen LogP contribution >= 0.6 is 12.2 Å². The SMILES string of the molecule is S=C(N/N=C/c1ccco1)NC12CC3CC(CC(C3)C1)C2. The Morgan fingerprint density at radius 1 is 1.24 bits per heavy atom. The molecule has 0 aromatic carbocycles. The topological polar surface area (TPSA) is 49.6 Å². The van der Waals surface area contributed by atoms with E-state index in [-0.39, 0.29) is 5.54 Å². The fourth-order valence-corrected chi connectivity index (χ4v) is 5.32. The number of hydrazone groups is 1. The van der Waals surface area contributed by atoms with Crippen LogP contribution in [0.2, 0.25) is 0 Å². The largest absolute Gasteiger partial charge is 0.463 e. The van der Waals surface area contributed by atoms with Crippen molar-refractivity contribution in [3.63, 3.8) is 0 Å². The lowest BCUT2D eigenvalue weighted by Crippen LogP contribution is -2.61. The molecule has 2 N–H and O–H groups in total. The van der Waals surface area contributed by atoms with Crippen molar-refractivity contribution in [1.29, 1.82) is 0 Å². The molecular weight excluding hydrogens is 282 g/mol. The minimum absolute atomic E-state index is 0.235. The quantitative estimate of drug-likeness (QED) is 0.512. The van der Waals surface area contributed by atoms with Gasteiger partial charge in [-0.15, -0.1) is 0 Å². The minimum Gasteiger partial charge on any atom is -0.463 e. The lowest BCUT2D eigenvalue weighted by Gasteiger charge is -2.57. The van der Waals surface area contributed by atoms with E-state index in [0.29, 0.717) is 5.11 Å². The first kappa shape index (κ1) is 13.3. The number of thiocarbonyl (C=S) groups is 1. The van der Waals surface area contributed by atoms with Gasteiger partial charge in [0.05, 0.1) is 12.5 Å². The summed E-state index contributed by atoms with van der Waals surface area (Å²) in [6.45, 7) is 0. The summed E-state index contributed by atoms with van der Waals surface area (Å²) in [5.74, 6) is 3.47. The van der Waals surface area contributed by atoms with Crippen LogP contribution in [0, 0.1) is 17.8 Å². The lowest BCUT2D eigenvalue weighted by atomic mass is 9.53. The molecule has 4 saturated carbocycles. The molecule has 0 radical (unpaired) electrons. The highest BCUT2D eigenvalue weighted by molar-refractivity contribution is 7.80. The second-order valence-electron chi connectivity index (χ2n) is 7.04. The summed E-state index contributed by atoms with van der Waals surface area (Å²) in [6.07, 6.45) is 11.4. The molecule has 4 aliphatic rings. The highest BCUT2D eigenvalue weighted by Gasteiger charge is 2.51. The molecule has 5 rings (SSSR count). The first-order valence-corrected chi connectivity index (χ1v) is 8.26. The summed E-state index contributed by atoms with van der Waals surface area (Å²) in [7, 11) is 0. The Balaban J connectivity index is 1.36. The Kier molecular flexibility index (Phi) is 3.25. The molecule has 0 atom stereocenters. The van der Waals surface area contributed by atoms with Crippen molar-refractivity contribution in [1.82, 2.24) is 10.7 Å². The molecular formula is C16H21N3OS. The van der Waals surface area contributed by atoms with E-state index in [4.69, 9.17) is 16.6 Å². The third kappa shape index (κ3) is 2.71. The van der Waals surface area contributed by atoms with Crippen molar-refractivity contribution in [3.05, 3.63) is 24.2 Å². The summed E-state index contributed by atoms with van der Waals surface area (Å²) in [4.78, 5) is 0. The molecule has 4 bridgehead atoms. The Morgan fingerprint density at radius 3 is 2.48 bits per heavy atom. The van der Waals surface area contributed by atoms with E-state index in [1.54, 1.807) is 12.5 Å². The molecule has 1 aromatic rings. The molecule has 0 aliphatic heterocycles. The van der Waals surface area contributed by atoms with Gasteiger partial charge in [-0.05, 0) is 80.6 Å². The van der Waals surface area contributed by atoms with Crippen LogP contribution < -0.4 is 10.7 Å². The molecule has 1 heterocycles. The van der Waals surface area contributed by atoms with Crippen molar-refractivity contribution in [2.24, 2.45) is 22.9 Å². The van der Waals surface area contributed by atoms with Gasteiger partial charge >= 0.3 is 0 Å². The maximum absolute atomic E-state index is 5.42. The summed E-state index contributed by atoms with van der Waals surface area (Å²) < 4.78 is 5.20. The molecule has 21 heavy (non-hydrogen) atoms. The first-order valence-electron chi connectivity index (χ1n) is 7.85. The molecule has 112 valence electrons. The number of nitrogens with one attached hydrogen (secondary N) is 2. The number of hydrogen-bond acceptors (Lipinski definition) is 3. The van der Waals surface area contributed by atoms with E-state index in [1.807, 2.05) is 12.1 Å². The zero-order valence-corrected chi connectivity index (χ0v) is 12.9. The van der Waals surface area contributed by atoms with Crippen LogP contribution in [0.15, 0.2) is 27.9 Å². The Bertz CT molecular complexity index is 517. The van der Waals surface area contributed by atoms with Crippen LogP contribution in [0.25, 0.3) is 0 Å². The fraction of sp³-hybridized carbons (Fsp3) is 0.625. The van der Waals surface area contributed by atoms with E-state index in [9.17, 15) is 0 Å². The highest BCUT2D eigenvalue weighted by Crippen LogP contribution is 2.55. The van der Waals surface area contributed by atoms with Crippen LogP contribution in [-0.4, -0.2) is 16.9 Å². The van der Waals surface area contributed by atoms with Gasteiger partial charge in [-0.3, -0.25) is 5.43 Å². The monoisotopic (exact) mass is 303 g/mol. The molecule has 5 heteroatoms. The van der Waals surface area contributed by atoms with Crippen LogP contribution in [0.5, 0.6) is 0 Å². The number of furan rings is 1. The maximum Gasteiger partial charge on any atom is 0.187 e. The summed E-state index contributed by atoms with van der Waals surface area (Å²) in [5.41, 5.74) is 3.16. The van der Waals surface area contributed by atoms with Gasteiger partial charge in [0.15, 0.2) is 5.11 Å². The molecule has 4 aliphatic carbocycles. The summed E-state index contributed by atoms with van der Waals surface area (Å²) >= 11 is 5.42. The minimum atomic E-state index is 0.235.